The fraction of sp³-hybridized carbons (Fsp3) is 0.500. The number of rotatable bonds is 4. The van der Waals surface area contributed by atoms with Gasteiger partial charge in [-0.15, -0.1) is 0 Å². The summed E-state index contributed by atoms with van der Waals surface area (Å²) in [5.41, 5.74) is 6.76. The molecule has 0 amide bonds. The minimum absolute atomic E-state index is 0.164. The van der Waals surface area contributed by atoms with E-state index in [1.807, 2.05) is 30.3 Å². The van der Waals surface area contributed by atoms with Crippen molar-refractivity contribution in [1.29, 1.82) is 0 Å². The minimum atomic E-state index is -0.684. The highest BCUT2D eigenvalue weighted by Gasteiger charge is 2.18. The van der Waals surface area contributed by atoms with Crippen LogP contribution in [0.4, 0.5) is 0 Å². The second-order valence-electron chi connectivity index (χ2n) is 5.37. The van der Waals surface area contributed by atoms with E-state index in [0.29, 0.717) is 6.61 Å². The van der Waals surface area contributed by atoms with E-state index in [0.717, 1.165) is 12.0 Å². The Kier molecular flexibility index (Phi) is 4.70. The normalized spacial score (nSPS) is 13.2. The van der Waals surface area contributed by atoms with Crippen molar-refractivity contribution in [2.24, 2.45) is 11.1 Å². The summed E-state index contributed by atoms with van der Waals surface area (Å²) in [7, 11) is 0. The van der Waals surface area contributed by atoms with Crippen molar-refractivity contribution in [1.82, 2.24) is 0 Å². The first-order valence-electron chi connectivity index (χ1n) is 5.87. The molecule has 2 N–H and O–H groups in total. The van der Waals surface area contributed by atoms with Crippen molar-refractivity contribution in [3.05, 3.63) is 35.9 Å². The van der Waals surface area contributed by atoms with Gasteiger partial charge < -0.3 is 10.5 Å². The highest BCUT2D eigenvalue weighted by atomic mass is 16.5. The van der Waals surface area contributed by atoms with Crippen LogP contribution in [0.1, 0.15) is 38.8 Å². The van der Waals surface area contributed by atoms with Crippen molar-refractivity contribution >= 4 is 5.97 Å². The predicted octanol–water partition coefficient (Wildman–Crippen LogP) is 2.67. The Balaban J connectivity index is 2.43. The van der Waals surface area contributed by atoms with E-state index in [-0.39, 0.29) is 11.4 Å². The molecule has 0 aliphatic rings. The maximum absolute atomic E-state index is 11.7. The van der Waals surface area contributed by atoms with Gasteiger partial charge in [0.25, 0.3) is 0 Å². The summed E-state index contributed by atoms with van der Waals surface area (Å²) >= 11 is 0. The van der Waals surface area contributed by atoms with E-state index in [4.69, 9.17) is 10.5 Å². The molecule has 3 nitrogen and oxygen atoms in total. The summed E-state index contributed by atoms with van der Waals surface area (Å²) in [5, 5.41) is 0. The Morgan fingerprint density at radius 2 is 1.88 bits per heavy atom. The molecule has 1 rings (SSSR count). The number of hydrogen-bond acceptors (Lipinski definition) is 3. The molecular formula is C14H21NO2. The predicted molar refractivity (Wildman–Crippen MR) is 68.4 cm³/mol. The van der Waals surface area contributed by atoms with Crippen molar-refractivity contribution in [3.63, 3.8) is 0 Å². The second kappa shape index (κ2) is 5.82. The molecule has 0 saturated carbocycles. The lowest BCUT2D eigenvalue weighted by atomic mass is 9.93. The summed E-state index contributed by atoms with van der Waals surface area (Å²) in [4.78, 5) is 11.7. The zero-order valence-electron chi connectivity index (χ0n) is 10.8. The molecule has 94 valence electrons. The monoisotopic (exact) mass is 235 g/mol. The van der Waals surface area contributed by atoms with Crippen molar-refractivity contribution in [2.75, 3.05) is 6.61 Å². The Bertz CT molecular complexity index is 354. The number of carbonyl (C=O) groups is 1. The van der Waals surface area contributed by atoms with E-state index in [1.165, 1.54) is 0 Å². The lowest BCUT2D eigenvalue weighted by molar-refractivity contribution is -0.146. The molecule has 1 atom stereocenters. The van der Waals surface area contributed by atoms with Crippen LogP contribution in [-0.2, 0) is 9.53 Å². The summed E-state index contributed by atoms with van der Waals surface area (Å²) in [5.74, 6) is -0.361. The van der Waals surface area contributed by atoms with E-state index in [2.05, 4.69) is 20.8 Å². The quantitative estimate of drug-likeness (QED) is 0.816. The number of esters is 1. The lowest BCUT2D eigenvalue weighted by Crippen LogP contribution is -2.25. The first kappa shape index (κ1) is 13.7. The van der Waals surface area contributed by atoms with Crippen LogP contribution in [0, 0.1) is 5.41 Å². The minimum Gasteiger partial charge on any atom is -0.464 e. The molecule has 1 aromatic carbocycles. The van der Waals surface area contributed by atoms with E-state index >= 15 is 0 Å². The number of hydrogen-bond donors (Lipinski definition) is 1. The number of nitrogens with two attached hydrogens (primary N) is 1. The fourth-order valence-corrected chi connectivity index (χ4v) is 1.34. The highest BCUT2D eigenvalue weighted by molar-refractivity contribution is 5.77. The first-order valence-corrected chi connectivity index (χ1v) is 5.87. The van der Waals surface area contributed by atoms with Gasteiger partial charge in [-0.1, -0.05) is 51.1 Å². The van der Waals surface area contributed by atoms with E-state index < -0.39 is 6.04 Å². The number of benzene rings is 1. The topological polar surface area (TPSA) is 52.3 Å². The van der Waals surface area contributed by atoms with E-state index in [1.54, 1.807) is 0 Å². The molecule has 17 heavy (non-hydrogen) atoms. The third kappa shape index (κ3) is 5.00. The van der Waals surface area contributed by atoms with Crippen molar-refractivity contribution in [2.45, 2.75) is 33.2 Å². The Labute approximate surface area is 103 Å². The SMILES string of the molecule is CC(C)(C)CCOC(=O)C(N)c1ccccc1. The molecule has 0 aliphatic carbocycles. The molecule has 0 aliphatic heterocycles. The van der Waals surface area contributed by atoms with Crippen LogP contribution in [0.5, 0.6) is 0 Å². The molecule has 0 heterocycles. The average molecular weight is 235 g/mol. The standard InChI is InChI=1S/C14H21NO2/c1-14(2,3)9-10-17-13(16)12(15)11-7-5-4-6-8-11/h4-8,12H,9-10,15H2,1-3H3. The first-order chi connectivity index (χ1) is 7.90. The fourth-order valence-electron chi connectivity index (χ4n) is 1.34. The van der Waals surface area contributed by atoms with Crippen molar-refractivity contribution in [3.8, 4) is 0 Å². The molecule has 0 saturated heterocycles. The second-order valence-corrected chi connectivity index (χ2v) is 5.37. The van der Waals surface area contributed by atoms with Gasteiger partial charge in [-0.05, 0) is 17.4 Å². The molecule has 3 heteroatoms. The molecular weight excluding hydrogens is 214 g/mol. The third-order valence-electron chi connectivity index (χ3n) is 2.51. The van der Waals surface area contributed by atoms with Crippen LogP contribution >= 0.6 is 0 Å². The van der Waals surface area contributed by atoms with Crippen LogP contribution in [-0.4, -0.2) is 12.6 Å². The number of carbonyl (C=O) groups excluding carboxylic acids is 1. The van der Waals surface area contributed by atoms with Gasteiger partial charge in [-0.25, -0.2) is 4.79 Å². The molecule has 1 aromatic rings. The Morgan fingerprint density at radius 3 is 2.41 bits per heavy atom. The molecule has 0 fully saturated rings. The zero-order chi connectivity index (χ0) is 12.9. The number of ether oxygens (including phenoxy) is 1. The van der Waals surface area contributed by atoms with Gasteiger partial charge in [-0.3, -0.25) is 0 Å². The van der Waals surface area contributed by atoms with Gasteiger partial charge in [0.2, 0.25) is 0 Å². The van der Waals surface area contributed by atoms with Gasteiger partial charge in [-0.2, -0.15) is 0 Å². The highest BCUT2D eigenvalue weighted by Crippen LogP contribution is 2.19. The molecule has 0 aromatic heterocycles. The Hall–Kier alpha value is -1.35. The summed E-state index contributed by atoms with van der Waals surface area (Å²) in [6.45, 7) is 6.75. The van der Waals surface area contributed by atoms with Crippen molar-refractivity contribution < 1.29 is 9.53 Å². The van der Waals surface area contributed by atoms with Gasteiger partial charge in [0, 0.05) is 0 Å². The Morgan fingerprint density at radius 1 is 1.29 bits per heavy atom. The summed E-state index contributed by atoms with van der Waals surface area (Å²) < 4.78 is 5.17. The van der Waals surface area contributed by atoms with Crippen LogP contribution in [0.25, 0.3) is 0 Å². The van der Waals surface area contributed by atoms with Gasteiger partial charge >= 0.3 is 5.97 Å². The molecule has 1 unspecified atom stereocenters. The smallest absolute Gasteiger partial charge is 0.327 e. The summed E-state index contributed by atoms with van der Waals surface area (Å²) in [6, 6.07) is 8.58. The van der Waals surface area contributed by atoms with Gasteiger partial charge in [0.1, 0.15) is 6.04 Å². The van der Waals surface area contributed by atoms with Gasteiger partial charge in [0.15, 0.2) is 0 Å². The summed E-state index contributed by atoms with van der Waals surface area (Å²) in [6.07, 6.45) is 0.834. The maximum Gasteiger partial charge on any atom is 0.327 e. The molecule has 0 bridgehead atoms. The molecule has 0 spiro atoms. The van der Waals surface area contributed by atoms with E-state index in [9.17, 15) is 4.79 Å². The van der Waals surface area contributed by atoms with Crippen LogP contribution in [0.2, 0.25) is 0 Å². The average Bonchev–Trinajstić information content (AvgIpc) is 2.27. The maximum atomic E-state index is 11.7. The van der Waals surface area contributed by atoms with Crippen LogP contribution < -0.4 is 5.73 Å². The van der Waals surface area contributed by atoms with Crippen LogP contribution in [0.3, 0.4) is 0 Å². The van der Waals surface area contributed by atoms with Crippen LogP contribution in [0.15, 0.2) is 30.3 Å². The zero-order valence-corrected chi connectivity index (χ0v) is 10.8. The lowest BCUT2D eigenvalue weighted by Gasteiger charge is -2.18. The molecule has 0 radical (unpaired) electrons. The third-order valence-corrected chi connectivity index (χ3v) is 2.51. The van der Waals surface area contributed by atoms with Gasteiger partial charge in [0.05, 0.1) is 6.61 Å². The largest absolute Gasteiger partial charge is 0.464 e.